The molecule has 8 heteroatoms. The molecule has 2 aromatic carbocycles. The Morgan fingerprint density at radius 1 is 1.09 bits per heavy atom. The minimum Gasteiger partial charge on any atom is -0.490 e. The molecular formula is C25H24FN3O3S. The number of nitrogens with zero attached hydrogens (tertiary/aromatic N) is 2. The molecule has 4 rings (SSSR count). The van der Waals surface area contributed by atoms with E-state index >= 15 is 0 Å². The van der Waals surface area contributed by atoms with Gasteiger partial charge in [0.15, 0.2) is 23.2 Å². The van der Waals surface area contributed by atoms with Gasteiger partial charge in [0.25, 0.3) is 5.91 Å². The molecule has 1 amide bonds. The summed E-state index contributed by atoms with van der Waals surface area (Å²) in [5.74, 6) is 0.536. The van der Waals surface area contributed by atoms with E-state index in [9.17, 15) is 9.18 Å². The van der Waals surface area contributed by atoms with E-state index in [1.807, 2.05) is 44.4 Å². The maximum atomic E-state index is 13.3. The van der Waals surface area contributed by atoms with Crippen molar-refractivity contribution in [3.05, 3.63) is 77.2 Å². The molecule has 1 N–H and O–H groups in total. The highest BCUT2D eigenvalue weighted by Gasteiger charge is 2.16. The molecule has 2 aromatic heterocycles. The third-order valence-corrected chi connectivity index (χ3v) is 5.81. The zero-order valence-electron chi connectivity index (χ0n) is 18.6. The molecule has 2 heterocycles. The van der Waals surface area contributed by atoms with E-state index in [1.54, 1.807) is 24.3 Å². The van der Waals surface area contributed by atoms with Gasteiger partial charge in [-0.15, -0.1) is 11.3 Å². The van der Waals surface area contributed by atoms with E-state index in [0.717, 1.165) is 28.3 Å². The number of aryl methyl sites for hydroxylation is 1. The van der Waals surface area contributed by atoms with Gasteiger partial charge in [-0.05, 0) is 63.2 Å². The van der Waals surface area contributed by atoms with Crippen LogP contribution in [0, 0.1) is 19.7 Å². The molecule has 0 aliphatic heterocycles. The lowest BCUT2D eigenvalue weighted by Gasteiger charge is -2.11. The number of anilines is 1. The third kappa shape index (κ3) is 5.06. The highest BCUT2D eigenvalue weighted by molar-refractivity contribution is 7.14. The fraction of sp³-hybridized carbons (Fsp3) is 0.200. The van der Waals surface area contributed by atoms with Gasteiger partial charge in [0.05, 0.1) is 12.3 Å². The Bertz CT molecular complexity index is 1260. The van der Waals surface area contributed by atoms with Crippen LogP contribution in [-0.4, -0.2) is 28.7 Å². The number of hydrogen-bond acceptors (Lipinski definition) is 5. The number of aromatic nitrogens is 2. The van der Waals surface area contributed by atoms with Crippen LogP contribution in [0.2, 0.25) is 0 Å². The van der Waals surface area contributed by atoms with Crippen LogP contribution in [0.25, 0.3) is 16.9 Å². The van der Waals surface area contributed by atoms with Crippen LogP contribution in [0.4, 0.5) is 9.52 Å². The Balaban J connectivity index is 1.45. The number of halogens is 1. The third-order valence-electron chi connectivity index (χ3n) is 5.05. The van der Waals surface area contributed by atoms with Crippen molar-refractivity contribution in [3.8, 4) is 28.4 Å². The average Bonchev–Trinajstić information content (AvgIpc) is 3.37. The number of para-hydroxylation sites is 2. The first-order valence-electron chi connectivity index (χ1n) is 10.5. The van der Waals surface area contributed by atoms with Crippen LogP contribution in [0.5, 0.6) is 11.5 Å². The zero-order valence-corrected chi connectivity index (χ0v) is 19.4. The van der Waals surface area contributed by atoms with Gasteiger partial charge >= 0.3 is 0 Å². The molecule has 0 radical (unpaired) electrons. The molecular weight excluding hydrogens is 441 g/mol. The SMILES string of the molecule is CCOc1ccccc1OCC(=O)Nc1nc(-c2cc(C)n(-c3ccc(F)cc3)c2C)cs1. The van der Waals surface area contributed by atoms with Gasteiger partial charge in [0.1, 0.15) is 5.82 Å². The number of nitrogens with one attached hydrogen (secondary N) is 1. The molecule has 170 valence electrons. The first-order valence-corrected chi connectivity index (χ1v) is 11.4. The second kappa shape index (κ2) is 9.87. The molecule has 6 nitrogen and oxygen atoms in total. The fourth-order valence-corrected chi connectivity index (χ4v) is 4.33. The molecule has 0 saturated heterocycles. The molecule has 0 fully saturated rings. The number of amides is 1. The van der Waals surface area contributed by atoms with Crippen LogP contribution in [-0.2, 0) is 4.79 Å². The van der Waals surface area contributed by atoms with Crippen molar-refractivity contribution < 1.29 is 18.7 Å². The van der Waals surface area contributed by atoms with Crippen LogP contribution in [0.15, 0.2) is 60.0 Å². The minimum absolute atomic E-state index is 0.155. The van der Waals surface area contributed by atoms with Crippen LogP contribution in [0.3, 0.4) is 0 Å². The summed E-state index contributed by atoms with van der Waals surface area (Å²) in [6.45, 7) is 6.23. The lowest BCUT2D eigenvalue weighted by Crippen LogP contribution is -2.20. The average molecular weight is 466 g/mol. The van der Waals surface area contributed by atoms with Crippen molar-refractivity contribution in [1.29, 1.82) is 0 Å². The van der Waals surface area contributed by atoms with Crippen molar-refractivity contribution in [3.63, 3.8) is 0 Å². The number of ether oxygens (including phenoxy) is 2. The predicted octanol–water partition coefficient (Wildman–Crippen LogP) is 5.77. The van der Waals surface area contributed by atoms with Gasteiger partial charge in [-0.2, -0.15) is 0 Å². The van der Waals surface area contributed by atoms with E-state index in [-0.39, 0.29) is 18.3 Å². The molecule has 33 heavy (non-hydrogen) atoms. The number of benzene rings is 2. The number of thiazole rings is 1. The van der Waals surface area contributed by atoms with Gasteiger partial charge < -0.3 is 14.0 Å². The van der Waals surface area contributed by atoms with Crippen LogP contribution in [0.1, 0.15) is 18.3 Å². The summed E-state index contributed by atoms with van der Waals surface area (Å²) >= 11 is 1.35. The number of rotatable bonds is 8. The largest absolute Gasteiger partial charge is 0.490 e. The van der Waals surface area contributed by atoms with Gasteiger partial charge in [-0.1, -0.05) is 12.1 Å². The number of carbonyl (C=O) groups excluding carboxylic acids is 1. The summed E-state index contributed by atoms with van der Waals surface area (Å²) in [5.41, 5.74) is 4.59. The Morgan fingerprint density at radius 3 is 2.48 bits per heavy atom. The number of carbonyl (C=O) groups is 1. The summed E-state index contributed by atoms with van der Waals surface area (Å²) in [4.78, 5) is 17.0. The molecule has 0 saturated carbocycles. The standard InChI is InChI=1S/C25H24FN3O3S/c1-4-31-22-7-5-6-8-23(22)32-14-24(30)28-25-27-21(15-33-25)20-13-16(2)29(17(20)3)19-11-9-18(26)10-12-19/h5-13,15H,4,14H2,1-3H3,(H,27,28,30). The Morgan fingerprint density at radius 2 is 1.79 bits per heavy atom. The Labute approximate surface area is 195 Å². The van der Waals surface area contributed by atoms with Crippen molar-refractivity contribution in [2.45, 2.75) is 20.8 Å². The first kappa shape index (κ1) is 22.5. The van der Waals surface area contributed by atoms with Crippen LogP contribution >= 0.6 is 11.3 Å². The second-order valence-electron chi connectivity index (χ2n) is 7.35. The zero-order chi connectivity index (χ0) is 23.4. The molecule has 0 aliphatic rings. The van der Waals surface area contributed by atoms with E-state index in [4.69, 9.17) is 9.47 Å². The second-order valence-corrected chi connectivity index (χ2v) is 8.21. The molecule has 0 atom stereocenters. The van der Waals surface area contributed by atoms with Gasteiger partial charge in [-0.3, -0.25) is 10.1 Å². The Hall–Kier alpha value is -3.65. The van der Waals surface area contributed by atoms with Crippen molar-refractivity contribution in [2.75, 3.05) is 18.5 Å². The highest BCUT2D eigenvalue weighted by Crippen LogP contribution is 2.32. The monoisotopic (exact) mass is 465 g/mol. The van der Waals surface area contributed by atoms with E-state index < -0.39 is 0 Å². The topological polar surface area (TPSA) is 65.4 Å². The summed E-state index contributed by atoms with van der Waals surface area (Å²) in [6.07, 6.45) is 0. The van der Waals surface area contributed by atoms with Gasteiger partial charge in [0, 0.05) is 28.0 Å². The molecule has 0 aliphatic carbocycles. The fourth-order valence-electron chi connectivity index (χ4n) is 3.61. The van der Waals surface area contributed by atoms with E-state index in [2.05, 4.69) is 14.9 Å². The maximum absolute atomic E-state index is 13.3. The highest BCUT2D eigenvalue weighted by atomic mass is 32.1. The van der Waals surface area contributed by atoms with E-state index in [0.29, 0.717) is 23.2 Å². The van der Waals surface area contributed by atoms with E-state index in [1.165, 1.54) is 23.5 Å². The smallest absolute Gasteiger partial charge is 0.264 e. The normalized spacial score (nSPS) is 10.8. The van der Waals surface area contributed by atoms with Crippen LogP contribution < -0.4 is 14.8 Å². The van der Waals surface area contributed by atoms with Gasteiger partial charge in [-0.25, -0.2) is 9.37 Å². The minimum atomic E-state index is -0.306. The quantitative estimate of drug-likeness (QED) is 0.359. The molecule has 0 bridgehead atoms. The lowest BCUT2D eigenvalue weighted by molar-refractivity contribution is -0.118. The lowest BCUT2D eigenvalue weighted by atomic mass is 10.2. The molecule has 0 spiro atoms. The summed E-state index contributed by atoms with van der Waals surface area (Å²) in [7, 11) is 0. The molecule has 4 aromatic rings. The van der Waals surface area contributed by atoms with Crippen molar-refractivity contribution >= 4 is 22.4 Å². The summed E-state index contributed by atoms with van der Waals surface area (Å²) in [6, 6.07) is 15.6. The molecule has 0 unspecified atom stereocenters. The van der Waals surface area contributed by atoms with Gasteiger partial charge in [0.2, 0.25) is 0 Å². The first-order chi connectivity index (χ1) is 16.0. The predicted molar refractivity (Wildman–Crippen MR) is 128 cm³/mol. The maximum Gasteiger partial charge on any atom is 0.264 e. The summed E-state index contributed by atoms with van der Waals surface area (Å²) in [5, 5.41) is 5.18. The Kier molecular flexibility index (Phi) is 6.74. The van der Waals surface area contributed by atoms with Crippen molar-refractivity contribution in [2.24, 2.45) is 0 Å². The van der Waals surface area contributed by atoms with Crippen molar-refractivity contribution in [1.82, 2.24) is 9.55 Å². The number of hydrogen-bond donors (Lipinski definition) is 1. The summed E-state index contributed by atoms with van der Waals surface area (Å²) < 4.78 is 26.5.